The van der Waals surface area contributed by atoms with Crippen molar-refractivity contribution in [3.63, 3.8) is 0 Å². The second-order valence-electron chi connectivity index (χ2n) is 7.35. The van der Waals surface area contributed by atoms with Crippen LogP contribution in [0.25, 0.3) is 0 Å². The van der Waals surface area contributed by atoms with Crippen molar-refractivity contribution in [3.05, 3.63) is 53.3 Å². The smallest absolute Gasteiger partial charge is 0.281 e. The Balaban J connectivity index is 1.77. The maximum atomic E-state index is 12.8. The van der Waals surface area contributed by atoms with Gasteiger partial charge in [0.2, 0.25) is 0 Å². The molecule has 1 fully saturated rings. The maximum absolute atomic E-state index is 12.8. The van der Waals surface area contributed by atoms with E-state index in [-0.39, 0.29) is 5.92 Å². The summed E-state index contributed by atoms with van der Waals surface area (Å²) in [6.45, 7) is 9.80. The van der Waals surface area contributed by atoms with Gasteiger partial charge in [0.15, 0.2) is 0 Å². The van der Waals surface area contributed by atoms with Crippen LogP contribution in [0.2, 0.25) is 0 Å². The molecule has 6 nitrogen and oxygen atoms in total. The van der Waals surface area contributed by atoms with Gasteiger partial charge in [0.25, 0.3) is 10.2 Å². The van der Waals surface area contributed by atoms with Crippen LogP contribution >= 0.6 is 0 Å². The highest BCUT2D eigenvalue weighted by Gasteiger charge is 2.35. The lowest BCUT2D eigenvalue weighted by atomic mass is 10.0. The first-order valence-electron chi connectivity index (χ1n) is 9.91. The summed E-state index contributed by atoms with van der Waals surface area (Å²) in [6.07, 6.45) is 0.793. The number of nitrogens with one attached hydrogen (secondary N) is 1. The number of hydrogen-bond acceptors (Lipinski definition) is 4. The van der Waals surface area contributed by atoms with Crippen LogP contribution in [0.4, 0.5) is 11.4 Å². The van der Waals surface area contributed by atoms with Crippen molar-refractivity contribution in [2.24, 2.45) is 0 Å². The molecule has 0 spiro atoms. The first kappa shape index (κ1) is 20.8. The fourth-order valence-corrected chi connectivity index (χ4v) is 5.36. The molecule has 2 aromatic rings. The zero-order chi connectivity index (χ0) is 20.3. The monoisotopic (exact) mass is 402 g/mol. The van der Waals surface area contributed by atoms with Crippen molar-refractivity contribution in [3.8, 4) is 0 Å². The minimum absolute atomic E-state index is 0.115. The SMILES string of the molecule is CCN(CC)S(=O)(=O)N1CC[C@@H](c2cc(Nc3ccc(C)cc3)cc(C)n2)C1. The highest BCUT2D eigenvalue weighted by Crippen LogP contribution is 2.31. The summed E-state index contributed by atoms with van der Waals surface area (Å²) in [7, 11) is -3.39. The van der Waals surface area contributed by atoms with Crippen LogP contribution < -0.4 is 5.32 Å². The molecule has 28 heavy (non-hydrogen) atoms. The van der Waals surface area contributed by atoms with E-state index in [2.05, 4.69) is 36.5 Å². The van der Waals surface area contributed by atoms with Gasteiger partial charge in [0.05, 0.1) is 0 Å². The van der Waals surface area contributed by atoms with Gasteiger partial charge in [-0.3, -0.25) is 4.98 Å². The molecular formula is C21H30N4O2S. The Morgan fingerprint density at radius 1 is 1.11 bits per heavy atom. The molecule has 3 rings (SSSR count). The summed E-state index contributed by atoms with van der Waals surface area (Å²) in [5.74, 6) is 0.115. The summed E-state index contributed by atoms with van der Waals surface area (Å²) in [4.78, 5) is 4.70. The summed E-state index contributed by atoms with van der Waals surface area (Å²) < 4.78 is 28.7. The molecule has 0 aliphatic carbocycles. The lowest BCUT2D eigenvalue weighted by Crippen LogP contribution is -2.42. The first-order chi connectivity index (χ1) is 13.3. The molecule has 2 heterocycles. The Bertz CT molecular complexity index is 909. The molecule has 1 aromatic heterocycles. The number of pyridine rings is 1. The number of benzene rings is 1. The summed E-state index contributed by atoms with van der Waals surface area (Å²) >= 11 is 0. The van der Waals surface area contributed by atoms with Gasteiger partial charge in [0, 0.05) is 54.9 Å². The summed E-state index contributed by atoms with van der Waals surface area (Å²) in [5.41, 5.74) is 5.11. The number of anilines is 2. The fourth-order valence-electron chi connectivity index (χ4n) is 3.67. The van der Waals surface area contributed by atoms with Crippen LogP contribution in [0.5, 0.6) is 0 Å². The molecule has 0 radical (unpaired) electrons. The topological polar surface area (TPSA) is 65.5 Å². The predicted octanol–water partition coefficient (Wildman–Crippen LogP) is 3.82. The van der Waals surface area contributed by atoms with Crippen molar-refractivity contribution in [2.75, 3.05) is 31.5 Å². The Morgan fingerprint density at radius 2 is 1.79 bits per heavy atom. The summed E-state index contributed by atoms with van der Waals surface area (Å²) in [6, 6.07) is 12.3. The molecule has 0 amide bonds. The third-order valence-electron chi connectivity index (χ3n) is 5.24. The van der Waals surface area contributed by atoms with E-state index in [1.165, 1.54) is 9.87 Å². The highest BCUT2D eigenvalue weighted by atomic mass is 32.2. The van der Waals surface area contributed by atoms with Gasteiger partial charge >= 0.3 is 0 Å². The van der Waals surface area contributed by atoms with Gasteiger partial charge in [0.1, 0.15) is 0 Å². The van der Waals surface area contributed by atoms with Crippen molar-refractivity contribution in [1.29, 1.82) is 0 Å². The number of hydrogen-bond donors (Lipinski definition) is 1. The minimum Gasteiger partial charge on any atom is -0.355 e. The van der Waals surface area contributed by atoms with E-state index in [4.69, 9.17) is 4.98 Å². The van der Waals surface area contributed by atoms with Crippen molar-refractivity contribution >= 4 is 21.6 Å². The fraction of sp³-hybridized carbons (Fsp3) is 0.476. The normalized spacial score (nSPS) is 18.0. The van der Waals surface area contributed by atoms with E-state index in [0.29, 0.717) is 26.2 Å². The Morgan fingerprint density at radius 3 is 2.43 bits per heavy atom. The van der Waals surface area contributed by atoms with Gasteiger partial charge in [-0.25, -0.2) is 0 Å². The van der Waals surface area contributed by atoms with Crippen LogP contribution in [-0.2, 0) is 10.2 Å². The Labute approximate surface area is 168 Å². The van der Waals surface area contributed by atoms with Crippen molar-refractivity contribution in [1.82, 2.24) is 13.6 Å². The van der Waals surface area contributed by atoms with Crippen LogP contribution in [0.3, 0.4) is 0 Å². The van der Waals surface area contributed by atoms with E-state index >= 15 is 0 Å². The highest BCUT2D eigenvalue weighted by molar-refractivity contribution is 7.86. The number of aryl methyl sites for hydroxylation is 2. The van der Waals surface area contributed by atoms with Crippen LogP contribution in [-0.4, -0.2) is 48.2 Å². The van der Waals surface area contributed by atoms with Gasteiger partial charge in [-0.15, -0.1) is 0 Å². The largest absolute Gasteiger partial charge is 0.355 e. The maximum Gasteiger partial charge on any atom is 0.281 e. The van der Waals surface area contributed by atoms with Crippen LogP contribution in [0, 0.1) is 13.8 Å². The third-order valence-corrected chi connectivity index (χ3v) is 7.39. The van der Waals surface area contributed by atoms with Crippen LogP contribution in [0.15, 0.2) is 36.4 Å². The number of rotatable bonds is 7. The molecule has 1 atom stereocenters. The summed E-state index contributed by atoms with van der Waals surface area (Å²) in [5, 5.41) is 3.43. The second kappa shape index (κ2) is 8.59. The van der Waals surface area contributed by atoms with Gasteiger partial charge in [-0.2, -0.15) is 17.0 Å². The molecular weight excluding hydrogens is 372 g/mol. The third kappa shape index (κ3) is 4.54. The zero-order valence-corrected chi connectivity index (χ0v) is 18.0. The Hall–Kier alpha value is -1.96. The van der Waals surface area contributed by atoms with Crippen LogP contribution in [0.1, 0.15) is 43.1 Å². The van der Waals surface area contributed by atoms with Gasteiger partial charge in [-0.1, -0.05) is 31.5 Å². The van der Waals surface area contributed by atoms with E-state index in [9.17, 15) is 8.42 Å². The van der Waals surface area contributed by atoms with Crippen molar-refractivity contribution < 1.29 is 8.42 Å². The molecule has 1 aliphatic rings. The standard InChI is InChI=1S/C21H30N4O2S/c1-5-24(6-2)28(26,27)25-12-11-18(15-25)21-14-20(13-17(4)22-21)23-19-9-7-16(3)8-10-19/h7-10,13-14,18H,5-6,11-12,15H2,1-4H3,(H,22,23)/t18-/m1/s1. The second-order valence-corrected chi connectivity index (χ2v) is 9.28. The molecule has 1 aliphatic heterocycles. The van der Waals surface area contributed by atoms with Gasteiger partial charge in [-0.05, 0) is 44.5 Å². The molecule has 7 heteroatoms. The lowest BCUT2D eigenvalue weighted by molar-refractivity contribution is 0.377. The minimum atomic E-state index is -3.39. The molecule has 0 unspecified atom stereocenters. The van der Waals surface area contributed by atoms with E-state index in [1.54, 1.807) is 4.31 Å². The average molecular weight is 403 g/mol. The average Bonchev–Trinajstić information content (AvgIpc) is 3.15. The van der Waals surface area contributed by atoms with E-state index < -0.39 is 10.2 Å². The Kier molecular flexibility index (Phi) is 6.37. The molecule has 1 aromatic carbocycles. The lowest BCUT2D eigenvalue weighted by Gasteiger charge is -2.25. The molecule has 1 saturated heterocycles. The van der Waals surface area contributed by atoms with Gasteiger partial charge < -0.3 is 5.32 Å². The first-order valence-corrected chi connectivity index (χ1v) is 11.3. The quantitative estimate of drug-likeness (QED) is 0.765. The van der Waals surface area contributed by atoms with E-state index in [1.807, 2.05) is 32.9 Å². The molecule has 0 bridgehead atoms. The molecule has 152 valence electrons. The zero-order valence-electron chi connectivity index (χ0n) is 17.1. The number of aromatic nitrogens is 1. The van der Waals surface area contributed by atoms with Crippen molar-refractivity contribution in [2.45, 2.75) is 40.0 Å². The molecule has 1 N–H and O–H groups in total. The molecule has 0 saturated carbocycles. The number of nitrogens with zero attached hydrogens (tertiary/aromatic N) is 3. The predicted molar refractivity (Wildman–Crippen MR) is 114 cm³/mol. The van der Waals surface area contributed by atoms with E-state index in [0.717, 1.165) is 29.2 Å².